The molecule has 0 radical (unpaired) electrons. The fourth-order valence-corrected chi connectivity index (χ4v) is 3.62. The summed E-state index contributed by atoms with van der Waals surface area (Å²) in [6, 6.07) is 4.63. The van der Waals surface area contributed by atoms with E-state index in [2.05, 4.69) is 6.92 Å². The fourth-order valence-electron chi connectivity index (χ4n) is 3.43. The largest absolute Gasteiger partial charge is 0.330 e. The van der Waals surface area contributed by atoms with Crippen LogP contribution in [0.5, 0.6) is 0 Å². The Hall–Kier alpha value is -0.600. The summed E-state index contributed by atoms with van der Waals surface area (Å²) in [4.78, 5) is 0. The van der Waals surface area contributed by atoms with Crippen molar-refractivity contribution in [3.63, 3.8) is 0 Å². The van der Waals surface area contributed by atoms with Crippen LogP contribution in [0.25, 0.3) is 0 Å². The second-order valence-corrected chi connectivity index (χ2v) is 6.39. The molecule has 19 heavy (non-hydrogen) atoms. The standard InChI is InChI=1S/C16H23ClFN/c1-2-12-4-3-7-16(9-12,11-19)10-13-8-14(18)5-6-15(13)17/h5-6,8,12H,2-4,7,9-11,19H2,1H3. The van der Waals surface area contributed by atoms with Gasteiger partial charge in [0, 0.05) is 5.02 Å². The Bertz CT molecular complexity index is 435. The Morgan fingerprint density at radius 2 is 2.26 bits per heavy atom. The Kier molecular flexibility index (Phi) is 4.86. The second kappa shape index (κ2) is 6.23. The van der Waals surface area contributed by atoms with Gasteiger partial charge in [-0.05, 0) is 60.9 Å². The van der Waals surface area contributed by atoms with Crippen LogP contribution in [0, 0.1) is 17.2 Å². The third kappa shape index (κ3) is 3.49. The minimum absolute atomic E-state index is 0.107. The Morgan fingerprint density at radius 3 is 2.95 bits per heavy atom. The lowest BCUT2D eigenvalue weighted by molar-refractivity contribution is 0.142. The van der Waals surface area contributed by atoms with Gasteiger partial charge in [0.05, 0.1) is 0 Å². The van der Waals surface area contributed by atoms with Crippen molar-refractivity contribution in [2.45, 2.75) is 45.4 Å². The molecule has 1 nitrogen and oxygen atoms in total. The first-order chi connectivity index (χ1) is 9.08. The molecule has 106 valence electrons. The van der Waals surface area contributed by atoms with Gasteiger partial charge in [-0.25, -0.2) is 4.39 Å². The minimum Gasteiger partial charge on any atom is -0.330 e. The Balaban J connectivity index is 2.20. The van der Waals surface area contributed by atoms with Crippen LogP contribution in [0.3, 0.4) is 0 Å². The van der Waals surface area contributed by atoms with Crippen LogP contribution in [-0.2, 0) is 6.42 Å². The average Bonchev–Trinajstić information content (AvgIpc) is 2.43. The molecule has 1 aliphatic carbocycles. The highest BCUT2D eigenvalue weighted by Crippen LogP contribution is 2.43. The van der Waals surface area contributed by atoms with Crippen LogP contribution in [0.15, 0.2) is 18.2 Å². The van der Waals surface area contributed by atoms with E-state index >= 15 is 0 Å². The zero-order valence-corrected chi connectivity index (χ0v) is 12.3. The van der Waals surface area contributed by atoms with Crippen molar-refractivity contribution in [3.8, 4) is 0 Å². The van der Waals surface area contributed by atoms with Gasteiger partial charge in [0.1, 0.15) is 5.82 Å². The van der Waals surface area contributed by atoms with Crippen molar-refractivity contribution in [1.82, 2.24) is 0 Å². The maximum Gasteiger partial charge on any atom is 0.123 e. The van der Waals surface area contributed by atoms with Gasteiger partial charge in [0.2, 0.25) is 0 Å². The van der Waals surface area contributed by atoms with Gasteiger partial charge in [-0.1, -0.05) is 37.8 Å². The summed E-state index contributed by atoms with van der Waals surface area (Å²) in [6.07, 6.45) is 6.81. The first-order valence-electron chi connectivity index (χ1n) is 7.22. The molecule has 0 heterocycles. The molecule has 0 aromatic heterocycles. The Morgan fingerprint density at radius 1 is 1.47 bits per heavy atom. The predicted octanol–water partition coefficient (Wildman–Crippen LogP) is 4.57. The smallest absolute Gasteiger partial charge is 0.123 e. The molecular formula is C16H23ClFN. The summed E-state index contributed by atoms with van der Waals surface area (Å²) in [7, 11) is 0. The zero-order chi connectivity index (χ0) is 13.9. The SMILES string of the molecule is CCC1CCCC(CN)(Cc2cc(F)ccc2Cl)C1. The minimum atomic E-state index is -0.213. The number of hydrogen-bond acceptors (Lipinski definition) is 1. The molecular weight excluding hydrogens is 261 g/mol. The lowest BCUT2D eigenvalue weighted by Crippen LogP contribution is -2.37. The van der Waals surface area contributed by atoms with Crippen molar-refractivity contribution in [2.75, 3.05) is 6.54 Å². The monoisotopic (exact) mass is 283 g/mol. The van der Waals surface area contributed by atoms with Gasteiger partial charge in [0.25, 0.3) is 0 Å². The maximum absolute atomic E-state index is 13.4. The van der Waals surface area contributed by atoms with Crippen LogP contribution < -0.4 is 5.73 Å². The molecule has 0 saturated heterocycles. The highest BCUT2D eigenvalue weighted by Gasteiger charge is 2.35. The fraction of sp³-hybridized carbons (Fsp3) is 0.625. The summed E-state index contributed by atoms with van der Waals surface area (Å²) in [6.45, 7) is 2.91. The predicted molar refractivity (Wildman–Crippen MR) is 78.9 cm³/mol. The van der Waals surface area contributed by atoms with E-state index in [0.29, 0.717) is 11.6 Å². The molecule has 1 saturated carbocycles. The molecule has 1 aromatic carbocycles. The first kappa shape index (κ1) is 14.8. The van der Waals surface area contributed by atoms with Gasteiger partial charge in [-0.3, -0.25) is 0 Å². The number of hydrogen-bond donors (Lipinski definition) is 1. The third-order valence-electron chi connectivity index (χ3n) is 4.62. The molecule has 1 fully saturated rings. The summed E-state index contributed by atoms with van der Waals surface area (Å²) in [5.74, 6) is 0.541. The van der Waals surface area contributed by atoms with Gasteiger partial charge in [-0.2, -0.15) is 0 Å². The molecule has 2 N–H and O–H groups in total. The van der Waals surface area contributed by atoms with E-state index in [-0.39, 0.29) is 11.2 Å². The molecule has 2 rings (SSSR count). The number of benzene rings is 1. The quantitative estimate of drug-likeness (QED) is 0.861. The zero-order valence-electron chi connectivity index (χ0n) is 11.6. The third-order valence-corrected chi connectivity index (χ3v) is 4.99. The van der Waals surface area contributed by atoms with Crippen LogP contribution in [0.4, 0.5) is 4.39 Å². The van der Waals surface area contributed by atoms with Gasteiger partial charge in [-0.15, -0.1) is 0 Å². The average molecular weight is 284 g/mol. The molecule has 0 aliphatic heterocycles. The lowest BCUT2D eigenvalue weighted by atomic mass is 9.66. The summed E-state index contributed by atoms with van der Waals surface area (Å²) >= 11 is 6.20. The highest BCUT2D eigenvalue weighted by molar-refractivity contribution is 6.31. The topological polar surface area (TPSA) is 26.0 Å². The summed E-state index contributed by atoms with van der Waals surface area (Å²) in [5, 5.41) is 0.660. The Labute approximate surface area is 120 Å². The molecule has 0 spiro atoms. The molecule has 2 unspecified atom stereocenters. The van der Waals surface area contributed by atoms with Crippen molar-refractivity contribution < 1.29 is 4.39 Å². The second-order valence-electron chi connectivity index (χ2n) is 5.99. The number of nitrogens with two attached hydrogens (primary N) is 1. The molecule has 2 atom stereocenters. The van der Waals surface area contributed by atoms with E-state index in [4.69, 9.17) is 17.3 Å². The highest BCUT2D eigenvalue weighted by atomic mass is 35.5. The van der Waals surface area contributed by atoms with Gasteiger partial charge in [0.15, 0.2) is 0 Å². The molecule has 3 heteroatoms. The van der Waals surface area contributed by atoms with Crippen LogP contribution in [0.2, 0.25) is 5.02 Å². The summed E-state index contributed by atoms with van der Waals surface area (Å²) < 4.78 is 13.4. The van der Waals surface area contributed by atoms with E-state index < -0.39 is 0 Å². The van der Waals surface area contributed by atoms with Gasteiger partial charge < -0.3 is 5.73 Å². The number of halogens is 2. The van der Waals surface area contributed by atoms with Crippen molar-refractivity contribution in [2.24, 2.45) is 17.1 Å². The lowest BCUT2D eigenvalue weighted by Gasteiger charge is -2.40. The van der Waals surface area contributed by atoms with E-state index in [9.17, 15) is 4.39 Å². The van der Waals surface area contributed by atoms with E-state index in [1.165, 1.54) is 25.3 Å². The van der Waals surface area contributed by atoms with E-state index in [1.54, 1.807) is 12.1 Å². The van der Waals surface area contributed by atoms with Crippen molar-refractivity contribution in [1.29, 1.82) is 0 Å². The first-order valence-corrected chi connectivity index (χ1v) is 7.60. The summed E-state index contributed by atoms with van der Waals surface area (Å²) in [5.41, 5.74) is 7.07. The van der Waals surface area contributed by atoms with E-state index in [0.717, 1.165) is 30.7 Å². The van der Waals surface area contributed by atoms with Crippen molar-refractivity contribution >= 4 is 11.6 Å². The van der Waals surface area contributed by atoms with Gasteiger partial charge >= 0.3 is 0 Å². The van der Waals surface area contributed by atoms with Crippen LogP contribution >= 0.6 is 11.6 Å². The maximum atomic E-state index is 13.4. The molecule has 1 aromatic rings. The molecule has 0 amide bonds. The van der Waals surface area contributed by atoms with Crippen molar-refractivity contribution in [3.05, 3.63) is 34.6 Å². The normalized spacial score (nSPS) is 27.5. The van der Waals surface area contributed by atoms with E-state index in [1.807, 2.05) is 0 Å². The van der Waals surface area contributed by atoms with Crippen LogP contribution in [0.1, 0.15) is 44.6 Å². The molecule has 0 bridgehead atoms. The molecule has 1 aliphatic rings. The van der Waals surface area contributed by atoms with Crippen LogP contribution in [-0.4, -0.2) is 6.54 Å². The number of rotatable bonds is 4.